The summed E-state index contributed by atoms with van der Waals surface area (Å²) in [6.45, 7) is 7.34. The molecule has 0 saturated carbocycles. The van der Waals surface area contributed by atoms with Gasteiger partial charge >= 0.3 is 17.9 Å². The van der Waals surface area contributed by atoms with E-state index >= 15 is 0 Å². The first-order valence-electron chi connectivity index (χ1n) is 9.76. The number of benzene rings is 1. The Morgan fingerprint density at radius 3 is 2.19 bits per heavy atom. The molecule has 32 heavy (non-hydrogen) atoms. The number of para-hydroxylation sites is 1. The van der Waals surface area contributed by atoms with Crippen molar-refractivity contribution in [3.05, 3.63) is 62.5 Å². The Kier molecular flexibility index (Phi) is 7.40. The maximum Gasteiger partial charge on any atom is 0.336 e. The third-order valence-corrected chi connectivity index (χ3v) is 4.80. The molecule has 0 fully saturated rings. The molecule has 1 aliphatic rings. The van der Waals surface area contributed by atoms with Gasteiger partial charge in [0, 0.05) is 29.9 Å². The number of methoxy groups -OCH3 is 1. The summed E-state index contributed by atoms with van der Waals surface area (Å²) in [4.78, 5) is 48.2. The maximum absolute atomic E-state index is 13.2. The summed E-state index contributed by atoms with van der Waals surface area (Å²) in [7, 11) is 1.18. The standard InChI is InChI=1S/C22H26N2O8/c1-12-17(20(26)30-6)19(15-9-7-8-10-16(15)24(28)29)18(13(2)23-12)21(27)31-11-22(4,5)32-14(3)25/h7-10,19,23H,11H2,1-6H3/t19-/m1/s1. The highest BCUT2D eigenvalue weighted by Gasteiger charge is 2.41. The average Bonchev–Trinajstić information content (AvgIpc) is 2.70. The van der Waals surface area contributed by atoms with Gasteiger partial charge in [-0.15, -0.1) is 0 Å². The van der Waals surface area contributed by atoms with Crippen LogP contribution in [0.1, 0.15) is 46.1 Å². The molecule has 1 aromatic carbocycles. The number of nitro benzene ring substituents is 1. The van der Waals surface area contributed by atoms with Crippen LogP contribution in [0.15, 0.2) is 46.8 Å². The second-order valence-electron chi connectivity index (χ2n) is 7.87. The lowest BCUT2D eigenvalue weighted by molar-refractivity contribution is -0.385. The van der Waals surface area contributed by atoms with Crippen LogP contribution in [0.5, 0.6) is 0 Å². The van der Waals surface area contributed by atoms with Gasteiger partial charge in [-0.2, -0.15) is 0 Å². The molecule has 1 aliphatic heterocycles. The van der Waals surface area contributed by atoms with Gasteiger partial charge in [0.25, 0.3) is 5.69 Å². The summed E-state index contributed by atoms with van der Waals surface area (Å²) < 4.78 is 15.4. The van der Waals surface area contributed by atoms with Crippen LogP contribution in [0.25, 0.3) is 0 Å². The molecule has 1 atom stereocenters. The van der Waals surface area contributed by atoms with Crippen molar-refractivity contribution in [2.75, 3.05) is 13.7 Å². The van der Waals surface area contributed by atoms with Gasteiger partial charge in [0.1, 0.15) is 12.2 Å². The Morgan fingerprint density at radius 2 is 1.66 bits per heavy atom. The minimum atomic E-state index is -1.10. The molecule has 1 aromatic rings. The molecule has 1 N–H and O–H groups in total. The lowest BCUT2D eigenvalue weighted by Gasteiger charge is -2.31. The van der Waals surface area contributed by atoms with Crippen molar-refractivity contribution in [1.29, 1.82) is 0 Å². The van der Waals surface area contributed by atoms with Crippen LogP contribution in [0, 0.1) is 10.1 Å². The third-order valence-electron chi connectivity index (χ3n) is 4.80. The molecule has 172 valence electrons. The molecule has 0 spiro atoms. The van der Waals surface area contributed by atoms with Gasteiger partial charge < -0.3 is 19.5 Å². The van der Waals surface area contributed by atoms with E-state index in [0.29, 0.717) is 11.4 Å². The number of hydrogen-bond acceptors (Lipinski definition) is 9. The first-order chi connectivity index (χ1) is 14.9. The van der Waals surface area contributed by atoms with E-state index in [1.165, 1.54) is 32.2 Å². The van der Waals surface area contributed by atoms with Crippen molar-refractivity contribution < 1.29 is 33.5 Å². The van der Waals surface area contributed by atoms with Gasteiger partial charge in [-0.3, -0.25) is 14.9 Å². The number of nitrogens with zero attached hydrogens (tertiary/aromatic N) is 1. The fourth-order valence-corrected chi connectivity index (χ4v) is 3.59. The van der Waals surface area contributed by atoms with Crippen molar-refractivity contribution in [2.24, 2.45) is 0 Å². The summed E-state index contributed by atoms with van der Waals surface area (Å²) in [5.74, 6) is -3.19. The molecule has 0 radical (unpaired) electrons. The van der Waals surface area contributed by atoms with Crippen molar-refractivity contribution in [3.63, 3.8) is 0 Å². The van der Waals surface area contributed by atoms with E-state index in [0.717, 1.165) is 0 Å². The normalized spacial score (nSPS) is 16.2. The number of nitrogens with one attached hydrogen (secondary N) is 1. The van der Waals surface area contributed by atoms with E-state index in [1.54, 1.807) is 33.8 Å². The number of esters is 3. The first-order valence-corrected chi connectivity index (χ1v) is 9.76. The monoisotopic (exact) mass is 446 g/mol. The lowest BCUT2D eigenvalue weighted by Crippen LogP contribution is -2.36. The van der Waals surface area contributed by atoms with Crippen LogP contribution >= 0.6 is 0 Å². The smallest absolute Gasteiger partial charge is 0.336 e. The quantitative estimate of drug-likeness (QED) is 0.290. The average molecular weight is 446 g/mol. The Hall–Kier alpha value is -3.69. The molecule has 0 saturated heterocycles. The molecule has 2 rings (SSSR count). The maximum atomic E-state index is 13.2. The van der Waals surface area contributed by atoms with E-state index in [1.807, 2.05) is 0 Å². The molecular weight excluding hydrogens is 420 g/mol. The van der Waals surface area contributed by atoms with Crippen LogP contribution in [0.2, 0.25) is 0 Å². The minimum absolute atomic E-state index is 0.0175. The molecule has 1 heterocycles. The fraction of sp³-hybridized carbons (Fsp3) is 0.409. The van der Waals surface area contributed by atoms with Gasteiger partial charge in [0.2, 0.25) is 0 Å². The number of ether oxygens (including phenoxy) is 3. The minimum Gasteiger partial charge on any atom is -0.466 e. The number of carbonyl (C=O) groups is 3. The highest BCUT2D eigenvalue weighted by Crippen LogP contribution is 2.42. The third kappa shape index (κ3) is 5.32. The van der Waals surface area contributed by atoms with E-state index in [4.69, 9.17) is 14.2 Å². The van der Waals surface area contributed by atoms with Crippen molar-refractivity contribution >= 4 is 23.6 Å². The fourth-order valence-electron chi connectivity index (χ4n) is 3.59. The zero-order valence-electron chi connectivity index (χ0n) is 18.8. The highest BCUT2D eigenvalue weighted by atomic mass is 16.6. The van der Waals surface area contributed by atoms with Gasteiger partial charge in [0.15, 0.2) is 0 Å². The van der Waals surface area contributed by atoms with Crippen LogP contribution < -0.4 is 5.32 Å². The van der Waals surface area contributed by atoms with Gasteiger partial charge in [0.05, 0.1) is 29.1 Å². The van der Waals surface area contributed by atoms with Gasteiger partial charge in [-0.05, 0) is 27.7 Å². The Bertz CT molecular complexity index is 1020. The van der Waals surface area contributed by atoms with Crippen LogP contribution in [-0.4, -0.2) is 42.1 Å². The zero-order valence-corrected chi connectivity index (χ0v) is 18.8. The van der Waals surface area contributed by atoms with Gasteiger partial charge in [-0.1, -0.05) is 18.2 Å². The van der Waals surface area contributed by atoms with E-state index in [2.05, 4.69) is 5.32 Å². The van der Waals surface area contributed by atoms with Crippen molar-refractivity contribution in [2.45, 2.75) is 46.1 Å². The molecular formula is C22H26N2O8. The summed E-state index contributed by atoms with van der Waals surface area (Å²) in [6.07, 6.45) is 0. The number of nitro groups is 1. The molecule has 0 unspecified atom stereocenters. The van der Waals surface area contributed by atoms with E-state index in [-0.39, 0.29) is 29.0 Å². The lowest BCUT2D eigenvalue weighted by atomic mass is 9.79. The number of dihydropyridines is 1. The predicted molar refractivity (Wildman–Crippen MR) is 113 cm³/mol. The first kappa shape index (κ1) is 24.6. The topological polar surface area (TPSA) is 134 Å². The number of rotatable bonds is 7. The Labute approximate surface area is 185 Å². The number of hydrogen-bond donors (Lipinski definition) is 1. The van der Waals surface area contributed by atoms with Crippen LogP contribution in [-0.2, 0) is 28.6 Å². The van der Waals surface area contributed by atoms with E-state index in [9.17, 15) is 24.5 Å². The number of carbonyl (C=O) groups excluding carboxylic acids is 3. The summed E-state index contributed by atoms with van der Waals surface area (Å²) in [5.41, 5.74) is -0.370. The number of allylic oxidation sites excluding steroid dienone is 2. The molecule has 10 heteroatoms. The second-order valence-corrected chi connectivity index (χ2v) is 7.87. The molecule has 0 amide bonds. The molecule has 0 bridgehead atoms. The highest BCUT2D eigenvalue weighted by molar-refractivity contribution is 6.00. The summed E-state index contributed by atoms with van der Waals surface area (Å²) in [6, 6.07) is 5.85. The molecule has 10 nitrogen and oxygen atoms in total. The largest absolute Gasteiger partial charge is 0.466 e. The molecule has 0 aromatic heterocycles. The zero-order chi connectivity index (χ0) is 24.2. The van der Waals surface area contributed by atoms with Crippen molar-refractivity contribution in [1.82, 2.24) is 5.32 Å². The second kappa shape index (κ2) is 9.63. The summed E-state index contributed by atoms with van der Waals surface area (Å²) >= 11 is 0. The Balaban J connectivity index is 2.58. The van der Waals surface area contributed by atoms with Crippen LogP contribution in [0.4, 0.5) is 5.69 Å². The predicted octanol–water partition coefficient (Wildman–Crippen LogP) is 2.89. The summed E-state index contributed by atoms with van der Waals surface area (Å²) in [5, 5.41) is 14.6. The molecule has 0 aliphatic carbocycles. The van der Waals surface area contributed by atoms with Crippen LogP contribution in [0.3, 0.4) is 0 Å². The van der Waals surface area contributed by atoms with Gasteiger partial charge in [-0.25, -0.2) is 9.59 Å². The SMILES string of the molecule is COC(=O)C1=C(C)NC(C)=C(C(=O)OCC(C)(C)OC(C)=O)[C@@H]1c1ccccc1[N+](=O)[O-]. The van der Waals surface area contributed by atoms with Crippen molar-refractivity contribution in [3.8, 4) is 0 Å². The Morgan fingerprint density at radius 1 is 1.09 bits per heavy atom. The van der Waals surface area contributed by atoms with E-state index < -0.39 is 34.4 Å².